The van der Waals surface area contributed by atoms with Crippen LogP contribution in [0.3, 0.4) is 0 Å². The molecule has 0 radical (unpaired) electrons. The molecule has 19 heavy (non-hydrogen) atoms. The lowest BCUT2D eigenvalue weighted by atomic mass is 9.91. The van der Waals surface area contributed by atoms with E-state index in [-0.39, 0.29) is 0 Å². The molecule has 1 aromatic rings. The molecule has 0 bridgehead atoms. The van der Waals surface area contributed by atoms with Gasteiger partial charge in [0.2, 0.25) is 0 Å². The number of carbonyl (C=O) groups excluding carboxylic acids is 1. The summed E-state index contributed by atoms with van der Waals surface area (Å²) in [6.45, 7) is 3.85. The normalized spacial score (nSPS) is 23.6. The van der Waals surface area contributed by atoms with Crippen molar-refractivity contribution in [2.24, 2.45) is 0 Å². The molecule has 0 spiro atoms. The Morgan fingerprint density at radius 1 is 1.26 bits per heavy atom. The maximum Gasteiger partial charge on any atom is 0.259 e. The van der Waals surface area contributed by atoms with E-state index in [9.17, 15) is 18.3 Å². The van der Waals surface area contributed by atoms with Crippen LogP contribution in [0.5, 0.6) is 0 Å². The Bertz CT molecular complexity index is 609. The Balaban J connectivity index is 2.54. The van der Waals surface area contributed by atoms with Crippen LogP contribution in [-0.4, -0.2) is 35.1 Å². The minimum absolute atomic E-state index is 0.460. The van der Waals surface area contributed by atoms with Crippen molar-refractivity contribution >= 4 is 15.9 Å². The summed E-state index contributed by atoms with van der Waals surface area (Å²) in [7, 11) is -3.74. The lowest BCUT2D eigenvalue weighted by Crippen LogP contribution is -2.73. The molecule has 1 aromatic carbocycles. The van der Waals surface area contributed by atoms with Crippen molar-refractivity contribution in [3.8, 4) is 0 Å². The lowest BCUT2D eigenvalue weighted by Gasteiger charge is -2.51. The molecule has 1 N–H and O–H groups in total. The average molecular weight is 283 g/mol. The Morgan fingerprint density at radius 3 is 2.21 bits per heavy atom. The van der Waals surface area contributed by atoms with E-state index in [0.29, 0.717) is 5.56 Å². The van der Waals surface area contributed by atoms with E-state index >= 15 is 0 Å². The fourth-order valence-electron chi connectivity index (χ4n) is 2.21. The van der Waals surface area contributed by atoms with Gasteiger partial charge >= 0.3 is 0 Å². The second-order valence-electron chi connectivity index (χ2n) is 5.38. The molecule has 5 nitrogen and oxygen atoms in total. The molecule has 6 heteroatoms. The molecule has 0 saturated carbocycles. The number of benzene rings is 1. The number of carbonyl (C=O) groups is 1. The zero-order valence-corrected chi connectivity index (χ0v) is 11.9. The lowest BCUT2D eigenvalue weighted by molar-refractivity contribution is -0.138. The minimum atomic E-state index is -3.74. The quantitative estimate of drug-likeness (QED) is 0.892. The third-order valence-electron chi connectivity index (χ3n) is 3.74. The van der Waals surface area contributed by atoms with Crippen molar-refractivity contribution in [3.05, 3.63) is 35.9 Å². The Kier molecular flexibility index (Phi) is 2.98. The van der Waals surface area contributed by atoms with Crippen LogP contribution in [0, 0.1) is 0 Å². The van der Waals surface area contributed by atoms with Crippen LogP contribution >= 0.6 is 0 Å². The van der Waals surface area contributed by atoms with Gasteiger partial charge in [0.05, 0.1) is 6.61 Å². The summed E-state index contributed by atoms with van der Waals surface area (Å²) >= 11 is 0. The van der Waals surface area contributed by atoms with Gasteiger partial charge in [-0.1, -0.05) is 30.3 Å². The number of hydrogen-bond acceptors (Lipinski definition) is 4. The highest BCUT2D eigenvalue weighted by molar-refractivity contribution is 7.94. The molecule has 1 amide bonds. The topological polar surface area (TPSA) is 74.7 Å². The molecule has 104 valence electrons. The first kappa shape index (κ1) is 14.0. The highest BCUT2D eigenvalue weighted by Crippen LogP contribution is 2.44. The fraction of sp³-hybridized carbons (Fsp3) is 0.462. The van der Waals surface area contributed by atoms with Crippen molar-refractivity contribution in [2.75, 3.05) is 6.61 Å². The van der Waals surface area contributed by atoms with E-state index in [1.54, 1.807) is 37.3 Å². The zero-order valence-electron chi connectivity index (χ0n) is 11.1. The van der Waals surface area contributed by atoms with Crippen LogP contribution in [0.2, 0.25) is 0 Å². The van der Waals surface area contributed by atoms with Crippen LogP contribution in [0.25, 0.3) is 0 Å². The van der Waals surface area contributed by atoms with E-state index in [2.05, 4.69) is 0 Å². The van der Waals surface area contributed by atoms with Gasteiger partial charge in [-0.3, -0.25) is 4.79 Å². The van der Waals surface area contributed by atoms with E-state index < -0.39 is 32.8 Å². The van der Waals surface area contributed by atoms with E-state index in [1.807, 2.05) is 0 Å². The number of aliphatic hydroxyl groups excluding tert-OH is 1. The average Bonchev–Trinajstić information content (AvgIpc) is 2.39. The first-order valence-electron chi connectivity index (χ1n) is 5.95. The van der Waals surface area contributed by atoms with Crippen molar-refractivity contribution in [1.82, 2.24) is 4.31 Å². The van der Waals surface area contributed by atoms with E-state index in [1.165, 1.54) is 13.8 Å². The van der Waals surface area contributed by atoms with Gasteiger partial charge in [-0.2, -0.15) is 0 Å². The first-order chi connectivity index (χ1) is 8.69. The predicted octanol–water partition coefficient (Wildman–Crippen LogP) is 0.845. The number of amides is 1. The summed E-state index contributed by atoms with van der Waals surface area (Å²) in [4.78, 5) is 12.1. The van der Waals surface area contributed by atoms with Crippen molar-refractivity contribution < 1.29 is 18.3 Å². The molecule has 1 aliphatic rings. The number of nitrogens with zero attached hydrogens (tertiary/aromatic N) is 1. The third-order valence-corrected chi connectivity index (χ3v) is 6.25. The molecule has 2 rings (SSSR count). The third kappa shape index (κ3) is 1.63. The molecule has 1 fully saturated rings. The minimum Gasteiger partial charge on any atom is -0.394 e. The number of hydrogen-bond donors (Lipinski definition) is 1. The Hall–Kier alpha value is -1.40. The molecule has 0 aromatic heterocycles. The van der Waals surface area contributed by atoms with Gasteiger partial charge in [0.25, 0.3) is 15.9 Å². The van der Waals surface area contributed by atoms with Gasteiger partial charge in [-0.05, 0) is 26.3 Å². The van der Waals surface area contributed by atoms with Crippen LogP contribution in [0.1, 0.15) is 26.3 Å². The SMILES string of the molecule is CC(CO)(c1ccccc1)N1C(=O)C(C)(C)S1(=O)=O. The number of sulfonamides is 1. The molecule has 1 saturated heterocycles. The highest BCUT2D eigenvalue weighted by atomic mass is 32.2. The first-order valence-corrected chi connectivity index (χ1v) is 7.39. The summed E-state index contributed by atoms with van der Waals surface area (Å²) in [5.41, 5.74) is -0.669. The molecular formula is C13H17NO4S. The smallest absolute Gasteiger partial charge is 0.259 e. The predicted molar refractivity (Wildman–Crippen MR) is 70.7 cm³/mol. The fourth-order valence-corrected chi connectivity index (χ4v) is 3.99. The van der Waals surface area contributed by atoms with Gasteiger partial charge in [-0.15, -0.1) is 0 Å². The van der Waals surface area contributed by atoms with E-state index in [0.717, 1.165) is 4.31 Å². The van der Waals surface area contributed by atoms with Crippen LogP contribution in [-0.2, 0) is 20.4 Å². The second-order valence-corrected chi connectivity index (χ2v) is 7.72. The molecule has 1 heterocycles. The maximum atomic E-state index is 12.3. The number of rotatable bonds is 3. The van der Waals surface area contributed by atoms with Gasteiger partial charge in [0.1, 0.15) is 5.54 Å². The Labute approximate surface area is 112 Å². The molecule has 1 aliphatic heterocycles. The second kappa shape index (κ2) is 4.05. The zero-order chi connectivity index (χ0) is 14.5. The highest BCUT2D eigenvalue weighted by Gasteiger charge is 2.65. The number of aliphatic hydroxyl groups is 1. The molecular weight excluding hydrogens is 266 g/mol. The van der Waals surface area contributed by atoms with Crippen LogP contribution < -0.4 is 0 Å². The van der Waals surface area contributed by atoms with Crippen LogP contribution in [0.15, 0.2) is 30.3 Å². The van der Waals surface area contributed by atoms with Crippen molar-refractivity contribution in [3.63, 3.8) is 0 Å². The molecule has 1 unspecified atom stereocenters. The van der Waals surface area contributed by atoms with Gasteiger partial charge in [0, 0.05) is 0 Å². The monoisotopic (exact) mass is 283 g/mol. The summed E-state index contributed by atoms with van der Waals surface area (Å²) < 4.78 is 23.9. The van der Waals surface area contributed by atoms with Crippen LogP contribution in [0.4, 0.5) is 0 Å². The maximum absolute atomic E-state index is 12.3. The summed E-state index contributed by atoms with van der Waals surface area (Å²) in [5.74, 6) is -0.493. The standard InChI is InChI=1S/C13H17NO4S/c1-12(2)11(16)14(19(12,17)18)13(3,9-15)10-7-5-4-6-8-10/h4-8,15H,9H2,1-3H3. The molecule has 1 atom stereocenters. The summed E-state index contributed by atoms with van der Waals surface area (Å²) in [5, 5.41) is 9.64. The van der Waals surface area contributed by atoms with Gasteiger partial charge in [0.15, 0.2) is 4.75 Å². The van der Waals surface area contributed by atoms with Crippen molar-refractivity contribution in [1.29, 1.82) is 0 Å². The van der Waals surface area contributed by atoms with E-state index in [4.69, 9.17) is 0 Å². The van der Waals surface area contributed by atoms with Gasteiger partial charge < -0.3 is 5.11 Å². The van der Waals surface area contributed by atoms with Gasteiger partial charge in [-0.25, -0.2) is 12.7 Å². The largest absolute Gasteiger partial charge is 0.394 e. The summed E-state index contributed by atoms with van der Waals surface area (Å²) in [6.07, 6.45) is 0. The van der Waals surface area contributed by atoms with Crippen molar-refractivity contribution in [2.45, 2.75) is 31.1 Å². The Morgan fingerprint density at radius 2 is 1.79 bits per heavy atom. The summed E-state index contributed by atoms with van der Waals surface area (Å²) in [6, 6.07) is 8.67. The molecule has 0 aliphatic carbocycles.